The lowest BCUT2D eigenvalue weighted by atomic mass is 10.1. The summed E-state index contributed by atoms with van der Waals surface area (Å²) in [5.74, 6) is 1.04. The Balaban J connectivity index is 1.81. The topological polar surface area (TPSA) is 26.3 Å². The summed E-state index contributed by atoms with van der Waals surface area (Å²) < 4.78 is 6.96. The van der Waals surface area contributed by atoms with Crippen molar-refractivity contribution in [3.05, 3.63) is 29.1 Å². The van der Waals surface area contributed by atoms with Crippen molar-refractivity contribution in [2.45, 2.75) is 52.4 Å². The van der Waals surface area contributed by atoms with Crippen molar-refractivity contribution in [1.29, 1.82) is 0 Å². The number of Topliss-reactive ketones (excluding diaryl/α,β-unsaturated/α-hetero) is 1. The van der Waals surface area contributed by atoms with Gasteiger partial charge in [0.05, 0.1) is 11.5 Å². The van der Waals surface area contributed by atoms with Crippen molar-refractivity contribution in [2.75, 3.05) is 6.61 Å². The molecule has 21 heavy (non-hydrogen) atoms. The molecule has 3 heteroatoms. The predicted molar refractivity (Wildman–Crippen MR) is 90.7 cm³/mol. The van der Waals surface area contributed by atoms with E-state index >= 15 is 0 Å². The Bertz CT molecular complexity index is 586. The van der Waals surface area contributed by atoms with E-state index in [1.807, 2.05) is 24.3 Å². The molecule has 2 nitrogen and oxygen atoms in total. The van der Waals surface area contributed by atoms with Crippen molar-refractivity contribution in [1.82, 2.24) is 0 Å². The highest BCUT2D eigenvalue weighted by molar-refractivity contribution is 7.20. The van der Waals surface area contributed by atoms with E-state index in [9.17, 15) is 4.79 Å². The van der Waals surface area contributed by atoms with Crippen LogP contribution in [0.1, 0.15) is 62.0 Å². The fraction of sp³-hybridized carbons (Fsp3) is 0.500. The zero-order valence-corrected chi connectivity index (χ0v) is 13.8. The molecule has 0 amide bonds. The molecule has 1 aromatic carbocycles. The summed E-state index contributed by atoms with van der Waals surface area (Å²) in [6.07, 6.45) is 7.64. The minimum atomic E-state index is 0.130. The van der Waals surface area contributed by atoms with Crippen molar-refractivity contribution >= 4 is 27.2 Å². The van der Waals surface area contributed by atoms with Gasteiger partial charge >= 0.3 is 0 Å². The Morgan fingerprint density at radius 1 is 1.10 bits per heavy atom. The number of carbonyl (C=O) groups excluding carboxylic acids is 1. The largest absolute Gasteiger partial charge is 0.494 e. The number of unbranched alkanes of at least 4 members (excludes halogenated alkanes) is 5. The standard InChI is InChI=1S/C18H24O2S/c1-3-4-5-6-7-8-11-20-16-9-10-17-15(12-16)13-18(21-17)14(2)19/h9-10,12-13H,3-8,11H2,1-2H3. The van der Waals surface area contributed by atoms with Gasteiger partial charge in [0.1, 0.15) is 5.75 Å². The van der Waals surface area contributed by atoms with Crippen LogP contribution in [0.2, 0.25) is 0 Å². The number of hydrogen-bond acceptors (Lipinski definition) is 3. The van der Waals surface area contributed by atoms with E-state index in [-0.39, 0.29) is 5.78 Å². The van der Waals surface area contributed by atoms with Gasteiger partial charge in [0.15, 0.2) is 5.78 Å². The molecule has 0 fully saturated rings. The fourth-order valence-corrected chi connectivity index (χ4v) is 3.30. The Morgan fingerprint density at radius 3 is 2.62 bits per heavy atom. The molecule has 0 saturated carbocycles. The summed E-state index contributed by atoms with van der Waals surface area (Å²) in [6.45, 7) is 4.63. The summed E-state index contributed by atoms with van der Waals surface area (Å²) in [6, 6.07) is 8.04. The summed E-state index contributed by atoms with van der Waals surface area (Å²) >= 11 is 1.55. The van der Waals surface area contributed by atoms with E-state index in [0.717, 1.165) is 33.7 Å². The van der Waals surface area contributed by atoms with Crippen LogP contribution >= 0.6 is 11.3 Å². The van der Waals surface area contributed by atoms with Gasteiger partial charge in [0.2, 0.25) is 0 Å². The molecule has 2 rings (SSSR count). The maximum Gasteiger partial charge on any atom is 0.169 e. The van der Waals surface area contributed by atoms with Crippen LogP contribution in [-0.4, -0.2) is 12.4 Å². The second-order valence-corrected chi connectivity index (χ2v) is 6.57. The average molecular weight is 304 g/mol. The first-order chi connectivity index (χ1) is 10.2. The minimum Gasteiger partial charge on any atom is -0.494 e. The minimum absolute atomic E-state index is 0.130. The second kappa shape index (κ2) is 8.18. The molecule has 0 aliphatic carbocycles. The van der Waals surface area contributed by atoms with E-state index < -0.39 is 0 Å². The van der Waals surface area contributed by atoms with Crippen LogP contribution in [0.4, 0.5) is 0 Å². The average Bonchev–Trinajstić information content (AvgIpc) is 2.90. The van der Waals surface area contributed by atoms with Crippen molar-refractivity contribution in [3.8, 4) is 5.75 Å². The molecule has 0 spiro atoms. The first-order valence-electron chi connectivity index (χ1n) is 7.88. The number of thiophene rings is 1. The lowest BCUT2D eigenvalue weighted by molar-refractivity contribution is 0.102. The number of ether oxygens (including phenoxy) is 1. The van der Waals surface area contributed by atoms with E-state index in [1.54, 1.807) is 18.3 Å². The third-order valence-corrected chi connectivity index (χ3v) is 4.82. The van der Waals surface area contributed by atoms with Crippen LogP contribution < -0.4 is 4.74 Å². The number of hydrogen-bond donors (Lipinski definition) is 0. The zero-order valence-electron chi connectivity index (χ0n) is 13.0. The monoisotopic (exact) mass is 304 g/mol. The molecule has 2 aromatic rings. The Labute approximate surface area is 131 Å². The van der Waals surface area contributed by atoms with Gasteiger partial charge in [-0.05, 0) is 43.0 Å². The molecule has 0 aliphatic heterocycles. The summed E-state index contributed by atoms with van der Waals surface area (Å²) in [5.41, 5.74) is 0. The van der Waals surface area contributed by atoms with Crippen LogP contribution in [0.5, 0.6) is 5.75 Å². The summed E-state index contributed by atoms with van der Waals surface area (Å²) in [5, 5.41) is 1.10. The van der Waals surface area contributed by atoms with E-state index in [4.69, 9.17) is 4.74 Å². The van der Waals surface area contributed by atoms with Crippen LogP contribution in [0.3, 0.4) is 0 Å². The Kier molecular flexibility index (Phi) is 6.24. The van der Waals surface area contributed by atoms with E-state index in [0.29, 0.717) is 0 Å². The SMILES string of the molecule is CCCCCCCCOc1ccc2sc(C(C)=O)cc2c1. The van der Waals surface area contributed by atoms with Gasteiger partial charge in [-0.25, -0.2) is 0 Å². The smallest absolute Gasteiger partial charge is 0.169 e. The molecule has 0 N–H and O–H groups in total. The third kappa shape index (κ3) is 4.85. The molecular formula is C18H24O2S. The zero-order chi connectivity index (χ0) is 15.1. The van der Waals surface area contributed by atoms with Crippen LogP contribution in [0, 0.1) is 0 Å². The van der Waals surface area contributed by atoms with Crippen LogP contribution in [-0.2, 0) is 0 Å². The summed E-state index contributed by atoms with van der Waals surface area (Å²) in [4.78, 5) is 12.2. The van der Waals surface area contributed by atoms with Crippen molar-refractivity contribution in [3.63, 3.8) is 0 Å². The number of fused-ring (bicyclic) bond motifs is 1. The molecule has 1 aromatic heterocycles. The molecule has 0 saturated heterocycles. The molecule has 114 valence electrons. The lowest BCUT2D eigenvalue weighted by Crippen LogP contribution is -1.96. The van der Waals surface area contributed by atoms with Gasteiger partial charge in [0.25, 0.3) is 0 Å². The molecule has 0 atom stereocenters. The number of benzene rings is 1. The first kappa shape index (κ1) is 16.0. The molecule has 1 heterocycles. The number of rotatable bonds is 9. The second-order valence-electron chi connectivity index (χ2n) is 5.48. The molecular weight excluding hydrogens is 280 g/mol. The van der Waals surface area contributed by atoms with Crippen molar-refractivity contribution in [2.24, 2.45) is 0 Å². The van der Waals surface area contributed by atoms with Gasteiger partial charge in [-0.15, -0.1) is 11.3 Å². The van der Waals surface area contributed by atoms with Gasteiger partial charge < -0.3 is 4.74 Å². The molecule has 0 unspecified atom stereocenters. The number of ketones is 1. The first-order valence-corrected chi connectivity index (χ1v) is 8.69. The highest BCUT2D eigenvalue weighted by Crippen LogP contribution is 2.29. The quantitative estimate of drug-likeness (QED) is 0.429. The maximum absolute atomic E-state index is 11.4. The van der Waals surface area contributed by atoms with E-state index in [1.165, 1.54) is 32.1 Å². The number of carbonyl (C=O) groups is 1. The molecule has 0 aliphatic rings. The summed E-state index contributed by atoms with van der Waals surface area (Å²) in [7, 11) is 0. The highest BCUT2D eigenvalue weighted by Gasteiger charge is 2.06. The maximum atomic E-state index is 11.4. The van der Waals surface area contributed by atoms with Gasteiger partial charge in [-0.1, -0.05) is 39.0 Å². The molecule has 0 radical (unpaired) electrons. The van der Waals surface area contributed by atoms with Gasteiger partial charge in [-0.2, -0.15) is 0 Å². The predicted octanol–water partition coefficient (Wildman–Crippen LogP) is 5.84. The van der Waals surface area contributed by atoms with Gasteiger partial charge in [0, 0.05) is 4.70 Å². The van der Waals surface area contributed by atoms with E-state index in [2.05, 4.69) is 6.92 Å². The fourth-order valence-electron chi connectivity index (χ4n) is 2.36. The third-order valence-electron chi connectivity index (χ3n) is 3.60. The molecule has 0 bridgehead atoms. The van der Waals surface area contributed by atoms with Crippen LogP contribution in [0.15, 0.2) is 24.3 Å². The Morgan fingerprint density at radius 2 is 1.86 bits per heavy atom. The van der Waals surface area contributed by atoms with Crippen molar-refractivity contribution < 1.29 is 9.53 Å². The van der Waals surface area contributed by atoms with Gasteiger partial charge in [-0.3, -0.25) is 4.79 Å². The highest BCUT2D eigenvalue weighted by atomic mass is 32.1. The van der Waals surface area contributed by atoms with Crippen LogP contribution in [0.25, 0.3) is 10.1 Å². The Hall–Kier alpha value is -1.35. The normalized spacial score (nSPS) is 11.0. The lowest BCUT2D eigenvalue weighted by Gasteiger charge is -2.06.